The zero-order chi connectivity index (χ0) is 15.4. The Bertz CT molecular complexity index is 653. The number of benzene rings is 1. The molecule has 0 radical (unpaired) electrons. The molecule has 8 heteroatoms. The predicted octanol–water partition coefficient (Wildman–Crippen LogP) is 1.16. The van der Waals surface area contributed by atoms with E-state index in [4.69, 9.17) is 9.47 Å². The van der Waals surface area contributed by atoms with Gasteiger partial charge < -0.3 is 19.7 Å². The predicted molar refractivity (Wildman–Crippen MR) is 72.9 cm³/mol. The summed E-state index contributed by atoms with van der Waals surface area (Å²) in [6.45, 7) is 0. The summed E-state index contributed by atoms with van der Waals surface area (Å²) >= 11 is 0. The zero-order valence-corrected chi connectivity index (χ0v) is 11.3. The molecule has 1 aromatic carbocycles. The van der Waals surface area contributed by atoms with Crippen molar-refractivity contribution < 1.29 is 24.5 Å². The quantitative estimate of drug-likeness (QED) is 0.724. The number of nitrogens with one attached hydrogen (secondary N) is 1. The van der Waals surface area contributed by atoms with Crippen LogP contribution in [0.1, 0.15) is 10.4 Å². The second-order valence-electron chi connectivity index (χ2n) is 3.93. The molecule has 2 rings (SSSR count). The third-order valence-corrected chi connectivity index (χ3v) is 2.56. The number of phenols is 2. The molecule has 0 aliphatic carbocycles. The van der Waals surface area contributed by atoms with Crippen molar-refractivity contribution in [1.29, 1.82) is 0 Å². The summed E-state index contributed by atoms with van der Waals surface area (Å²) in [4.78, 5) is 19.9. The van der Waals surface area contributed by atoms with Crippen molar-refractivity contribution in [2.45, 2.75) is 0 Å². The van der Waals surface area contributed by atoms with Gasteiger partial charge in [0.05, 0.1) is 20.3 Å². The number of rotatable bonds is 4. The van der Waals surface area contributed by atoms with Crippen LogP contribution in [0.5, 0.6) is 23.3 Å². The maximum Gasteiger partial charge on any atom is 0.258 e. The van der Waals surface area contributed by atoms with Crippen LogP contribution in [0.25, 0.3) is 0 Å². The van der Waals surface area contributed by atoms with Gasteiger partial charge in [0.25, 0.3) is 5.91 Å². The van der Waals surface area contributed by atoms with E-state index >= 15 is 0 Å². The van der Waals surface area contributed by atoms with Gasteiger partial charge in [-0.05, 0) is 18.2 Å². The largest absolute Gasteiger partial charge is 0.504 e. The SMILES string of the molecule is COc1cc(OC)nc(NC(=O)c2ccc(O)c(O)c2)n1. The molecule has 0 saturated heterocycles. The highest BCUT2D eigenvalue weighted by Crippen LogP contribution is 2.25. The first kappa shape index (κ1) is 14.4. The van der Waals surface area contributed by atoms with E-state index in [9.17, 15) is 15.0 Å². The number of aromatic hydroxyl groups is 2. The highest BCUT2D eigenvalue weighted by Gasteiger charge is 2.12. The number of methoxy groups -OCH3 is 2. The molecule has 3 N–H and O–H groups in total. The molecule has 21 heavy (non-hydrogen) atoms. The number of aromatic nitrogens is 2. The van der Waals surface area contributed by atoms with E-state index in [1.807, 2.05) is 0 Å². The molecule has 0 bridgehead atoms. The second-order valence-corrected chi connectivity index (χ2v) is 3.93. The van der Waals surface area contributed by atoms with Gasteiger partial charge in [-0.2, -0.15) is 9.97 Å². The van der Waals surface area contributed by atoms with Crippen LogP contribution in [0.4, 0.5) is 5.95 Å². The van der Waals surface area contributed by atoms with Crippen molar-refractivity contribution in [3.8, 4) is 23.3 Å². The van der Waals surface area contributed by atoms with Crippen LogP contribution in [0.3, 0.4) is 0 Å². The number of carbonyl (C=O) groups excluding carboxylic acids is 1. The van der Waals surface area contributed by atoms with E-state index < -0.39 is 11.7 Å². The highest BCUT2D eigenvalue weighted by molar-refractivity contribution is 6.03. The van der Waals surface area contributed by atoms with Crippen LogP contribution in [0, 0.1) is 0 Å². The molecule has 8 nitrogen and oxygen atoms in total. The van der Waals surface area contributed by atoms with Crippen molar-refractivity contribution >= 4 is 11.9 Å². The molecule has 1 heterocycles. The average molecular weight is 291 g/mol. The van der Waals surface area contributed by atoms with Crippen LogP contribution in [-0.4, -0.2) is 40.3 Å². The molecule has 0 spiro atoms. The van der Waals surface area contributed by atoms with Crippen LogP contribution < -0.4 is 14.8 Å². The zero-order valence-electron chi connectivity index (χ0n) is 11.3. The molecule has 0 unspecified atom stereocenters. The number of amides is 1. The Kier molecular flexibility index (Phi) is 4.07. The molecule has 0 fully saturated rings. The van der Waals surface area contributed by atoms with Crippen LogP contribution in [0.15, 0.2) is 24.3 Å². The number of anilines is 1. The number of carbonyl (C=O) groups is 1. The first-order valence-electron chi connectivity index (χ1n) is 5.84. The van der Waals surface area contributed by atoms with Gasteiger partial charge in [0.2, 0.25) is 17.7 Å². The molecular weight excluding hydrogens is 278 g/mol. The summed E-state index contributed by atoms with van der Waals surface area (Å²) in [6, 6.07) is 5.14. The van der Waals surface area contributed by atoms with Crippen LogP contribution in [-0.2, 0) is 0 Å². The first-order valence-corrected chi connectivity index (χ1v) is 5.84. The Labute approximate surface area is 120 Å². The molecule has 1 amide bonds. The molecule has 110 valence electrons. The lowest BCUT2D eigenvalue weighted by Gasteiger charge is -2.08. The summed E-state index contributed by atoms with van der Waals surface area (Å²) in [5.41, 5.74) is 0.135. The average Bonchev–Trinajstić information content (AvgIpc) is 2.49. The lowest BCUT2D eigenvalue weighted by Crippen LogP contribution is -2.14. The van der Waals surface area contributed by atoms with E-state index in [2.05, 4.69) is 15.3 Å². The van der Waals surface area contributed by atoms with E-state index in [0.29, 0.717) is 0 Å². The van der Waals surface area contributed by atoms with Gasteiger partial charge in [0.1, 0.15) is 0 Å². The van der Waals surface area contributed by atoms with Crippen molar-refractivity contribution in [2.75, 3.05) is 19.5 Å². The normalized spacial score (nSPS) is 10.0. The molecule has 0 aliphatic heterocycles. The third-order valence-electron chi connectivity index (χ3n) is 2.56. The van der Waals surface area contributed by atoms with Gasteiger partial charge in [-0.3, -0.25) is 10.1 Å². The second kappa shape index (κ2) is 5.95. The fourth-order valence-electron chi connectivity index (χ4n) is 1.51. The fourth-order valence-corrected chi connectivity index (χ4v) is 1.51. The maximum atomic E-state index is 12.0. The third kappa shape index (κ3) is 3.30. The first-order chi connectivity index (χ1) is 10.0. The maximum absolute atomic E-state index is 12.0. The molecule has 0 aliphatic rings. The van der Waals surface area contributed by atoms with Crippen molar-refractivity contribution in [3.05, 3.63) is 29.8 Å². The Morgan fingerprint density at radius 1 is 1.05 bits per heavy atom. The van der Waals surface area contributed by atoms with Crippen LogP contribution in [0.2, 0.25) is 0 Å². The number of hydrogen-bond acceptors (Lipinski definition) is 7. The van der Waals surface area contributed by atoms with Crippen molar-refractivity contribution in [1.82, 2.24) is 9.97 Å². The summed E-state index contributed by atoms with van der Waals surface area (Å²) in [5, 5.41) is 21.0. The topological polar surface area (TPSA) is 114 Å². The van der Waals surface area contributed by atoms with Gasteiger partial charge >= 0.3 is 0 Å². The Morgan fingerprint density at radius 2 is 1.67 bits per heavy atom. The summed E-state index contributed by atoms with van der Waals surface area (Å²) in [5.74, 6) is -0.821. The summed E-state index contributed by atoms with van der Waals surface area (Å²) in [6.07, 6.45) is 0. The van der Waals surface area contributed by atoms with Crippen LogP contribution >= 0.6 is 0 Å². The van der Waals surface area contributed by atoms with Crippen molar-refractivity contribution in [3.63, 3.8) is 0 Å². The highest BCUT2D eigenvalue weighted by atomic mass is 16.5. The van der Waals surface area contributed by atoms with Crippen molar-refractivity contribution in [2.24, 2.45) is 0 Å². The van der Waals surface area contributed by atoms with Gasteiger partial charge in [-0.15, -0.1) is 0 Å². The molecule has 2 aromatic rings. The number of phenolic OH excluding ortho intramolecular Hbond substituents is 2. The molecular formula is C13H13N3O5. The van der Waals surface area contributed by atoms with E-state index in [-0.39, 0.29) is 29.0 Å². The van der Waals surface area contributed by atoms with Gasteiger partial charge in [-0.1, -0.05) is 0 Å². The van der Waals surface area contributed by atoms with Gasteiger partial charge in [0.15, 0.2) is 11.5 Å². The Balaban J connectivity index is 2.24. The lowest BCUT2D eigenvalue weighted by molar-refractivity contribution is 0.102. The minimum atomic E-state index is -0.555. The van der Waals surface area contributed by atoms with Gasteiger partial charge in [0, 0.05) is 5.56 Å². The molecule has 0 atom stereocenters. The van der Waals surface area contributed by atoms with E-state index in [1.165, 1.54) is 32.4 Å². The van der Waals surface area contributed by atoms with E-state index in [0.717, 1.165) is 6.07 Å². The monoisotopic (exact) mass is 291 g/mol. The summed E-state index contributed by atoms with van der Waals surface area (Å²) < 4.78 is 9.93. The lowest BCUT2D eigenvalue weighted by atomic mass is 10.2. The summed E-state index contributed by atoms with van der Waals surface area (Å²) in [7, 11) is 2.84. The Hall–Kier alpha value is -3.03. The smallest absolute Gasteiger partial charge is 0.258 e. The number of hydrogen-bond donors (Lipinski definition) is 3. The molecule has 1 aromatic heterocycles. The molecule has 0 saturated carbocycles. The van der Waals surface area contributed by atoms with E-state index in [1.54, 1.807) is 0 Å². The van der Waals surface area contributed by atoms with Gasteiger partial charge in [-0.25, -0.2) is 0 Å². The number of ether oxygens (including phenoxy) is 2. The minimum absolute atomic E-state index is 0.0104. The minimum Gasteiger partial charge on any atom is -0.504 e. The Morgan fingerprint density at radius 3 is 2.19 bits per heavy atom. The number of nitrogens with zero attached hydrogens (tertiary/aromatic N) is 2. The fraction of sp³-hybridized carbons (Fsp3) is 0.154. The standard InChI is InChI=1S/C13H13N3O5/c1-20-10-6-11(21-2)15-13(14-10)16-12(19)7-3-4-8(17)9(18)5-7/h3-6,17-18H,1-2H3,(H,14,15,16,19).